The third-order valence-corrected chi connectivity index (χ3v) is 5.81. The van der Waals surface area contributed by atoms with E-state index in [2.05, 4.69) is 15.5 Å². The molecule has 1 aliphatic heterocycles. The molecule has 6 nitrogen and oxygen atoms in total. The van der Waals surface area contributed by atoms with E-state index in [1.165, 1.54) is 6.42 Å². The Hall–Kier alpha value is -2.76. The zero-order valence-corrected chi connectivity index (χ0v) is 16.0. The van der Waals surface area contributed by atoms with Gasteiger partial charge in [0.05, 0.1) is 18.4 Å². The Morgan fingerprint density at radius 3 is 2.50 bits per heavy atom. The number of hydrogen-bond donors (Lipinski definition) is 2. The van der Waals surface area contributed by atoms with E-state index < -0.39 is 0 Å². The first-order valence-electron chi connectivity index (χ1n) is 10.2. The van der Waals surface area contributed by atoms with Crippen LogP contribution in [0.5, 0.6) is 0 Å². The van der Waals surface area contributed by atoms with Crippen LogP contribution in [0.4, 0.5) is 5.69 Å². The van der Waals surface area contributed by atoms with Crippen molar-refractivity contribution in [2.75, 3.05) is 18.0 Å². The average Bonchev–Trinajstić information content (AvgIpc) is 3.19. The van der Waals surface area contributed by atoms with Crippen molar-refractivity contribution in [3.63, 3.8) is 0 Å². The van der Waals surface area contributed by atoms with Crippen molar-refractivity contribution in [2.45, 2.75) is 44.7 Å². The van der Waals surface area contributed by atoms with Gasteiger partial charge in [0.1, 0.15) is 5.76 Å². The molecule has 2 fully saturated rings. The number of benzene rings is 1. The van der Waals surface area contributed by atoms with Gasteiger partial charge in [0.15, 0.2) is 0 Å². The summed E-state index contributed by atoms with van der Waals surface area (Å²) in [5.74, 6) is 1.08. The highest BCUT2D eigenvalue weighted by Gasteiger charge is 2.29. The van der Waals surface area contributed by atoms with E-state index in [9.17, 15) is 9.59 Å². The molecule has 0 atom stereocenters. The fraction of sp³-hybridized carbons (Fsp3) is 0.455. The number of nitrogens with zero attached hydrogens (tertiary/aromatic N) is 1. The molecule has 1 aliphatic carbocycles. The van der Waals surface area contributed by atoms with Crippen LogP contribution in [-0.2, 0) is 11.3 Å². The second-order valence-electron chi connectivity index (χ2n) is 7.68. The van der Waals surface area contributed by atoms with Gasteiger partial charge in [-0.25, -0.2) is 0 Å². The zero-order chi connectivity index (χ0) is 19.3. The molecule has 2 aliphatic rings. The van der Waals surface area contributed by atoms with Crippen LogP contribution < -0.4 is 15.5 Å². The van der Waals surface area contributed by atoms with Gasteiger partial charge in [0.25, 0.3) is 5.91 Å². The Morgan fingerprint density at radius 1 is 1.04 bits per heavy atom. The Bertz CT molecular complexity index is 806. The maximum Gasteiger partial charge on any atom is 0.253 e. The van der Waals surface area contributed by atoms with Crippen molar-refractivity contribution >= 4 is 17.5 Å². The third-order valence-electron chi connectivity index (χ3n) is 5.81. The predicted octanol–water partition coefficient (Wildman–Crippen LogP) is 3.09. The van der Waals surface area contributed by atoms with Gasteiger partial charge in [-0.15, -0.1) is 0 Å². The van der Waals surface area contributed by atoms with Crippen molar-refractivity contribution in [1.82, 2.24) is 10.6 Å². The van der Waals surface area contributed by atoms with Gasteiger partial charge in [0.2, 0.25) is 5.91 Å². The van der Waals surface area contributed by atoms with Crippen LogP contribution in [0, 0.1) is 5.92 Å². The lowest BCUT2D eigenvalue weighted by Crippen LogP contribution is -2.47. The number of para-hydroxylation sites is 1. The molecule has 4 rings (SSSR count). The van der Waals surface area contributed by atoms with Crippen LogP contribution in [0.2, 0.25) is 0 Å². The number of piperidine rings is 1. The Labute approximate surface area is 165 Å². The maximum absolute atomic E-state index is 12.7. The molecule has 0 bridgehead atoms. The van der Waals surface area contributed by atoms with Gasteiger partial charge >= 0.3 is 0 Å². The van der Waals surface area contributed by atoms with E-state index in [-0.39, 0.29) is 23.8 Å². The number of carbonyl (C=O) groups is 2. The van der Waals surface area contributed by atoms with Gasteiger partial charge in [-0.3, -0.25) is 9.59 Å². The van der Waals surface area contributed by atoms with Crippen molar-refractivity contribution < 1.29 is 14.0 Å². The quantitative estimate of drug-likeness (QED) is 0.806. The lowest BCUT2D eigenvalue weighted by Gasteiger charge is -2.36. The highest BCUT2D eigenvalue weighted by Crippen LogP contribution is 2.28. The van der Waals surface area contributed by atoms with Crippen LogP contribution in [0.3, 0.4) is 0 Å². The van der Waals surface area contributed by atoms with Gasteiger partial charge < -0.3 is 20.0 Å². The van der Waals surface area contributed by atoms with Crippen molar-refractivity contribution in [3.05, 3.63) is 54.0 Å². The zero-order valence-electron chi connectivity index (χ0n) is 16.0. The fourth-order valence-electron chi connectivity index (χ4n) is 3.87. The van der Waals surface area contributed by atoms with Gasteiger partial charge in [-0.05, 0) is 49.9 Å². The van der Waals surface area contributed by atoms with Crippen molar-refractivity contribution in [2.24, 2.45) is 5.92 Å². The highest BCUT2D eigenvalue weighted by atomic mass is 16.3. The molecule has 1 aromatic carbocycles. The number of rotatable bonds is 6. The van der Waals surface area contributed by atoms with Gasteiger partial charge in [-0.2, -0.15) is 0 Å². The van der Waals surface area contributed by atoms with Gasteiger partial charge in [0, 0.05) is 30.7 Å². The molecular formula is C22H27N3O3. The molecule has 2 amide bonds. The maximum atomic E-state index is 12.7. The lowest BCUT2D eigenvalue weighted by atomic mass is 9.84. The fourth-order valence-corrected chi connectivity index (χ4v) is 3.87. The van der Waals surface area contributed by atoms with E-state index in [0.717, 1.165) is 50.2 Å². The van der Waals surface area contributed by atoms with E-state index in [1.807, 2.05) is 36.4 Å². The minimum absolute atomic E-state index is 0.104. The first kappa shape index (κ1) is 18.6. The standard InChI is InChI=1S/C22H27N3O3/c26-21(16-5-3-6-16)24-17-10-12-25(13-11-17)20-9-2-1-8-19(20)22(27)23-15-18-7-4-14-28-18/h1-2,4,7-9,14,16-17H,3,5-6,10-13,15H2,(H,23,27)(H,24,26). The molecule has 0 radical (unpaired) electrons. The van der Waals surface area contributed by atoms with E-state index in [1.54, 1.807) is 6.26 Å². The van der Waals surface area contributed by atoms with Crippen LogP contribution in [0.25, 0.3) is 0 Å². The Kier molecular flexibility index (Phi) is 5.65. The molecule has 2 N–H and O–H groups in total. The molecule has 0 spiro atoms. The van der Waals surface area contributed by atoms with Crippen molar-refractivity contribution in [1.29, 1.82) is 0 Å². The molecule has 0 unspecified atom stereocenters. The number of carbonyl (C=O) groups excluding carboxylic acids is 2. The molecule has 28 heavy (non-hydrogen) atoms. The monoisotopic (exact) mass is 381 g/mol. The summed E-state index contributed by atoms with van der Waals surface area (Å²) < 4.78 is 5.28. The van der Waals surface area contributed by atoms with Crippen LogP contribution >= 0.6 is 0 Å². The minimum Gasteiger partial charge on any atom is -0.467 e. The highest BCUT2D eigenvalue weighted by molar-refractivity contribution is 5.99. The molecule has 1 saturated carbocycles. The second-order valence-corrected chi connectivity index (χ2v) is 7.68. The molecular weight excluding hydrogens is 354 g/mol. The SMILES string of the molecule is O=C(NCc1ccco1)c1ccccc1N1CCC(NC(=O)C2CCC2)CC1. The summed E-state index contributed by atoms with van der Waals surface area (Å²) >= 11 is 0. The molecule has 148 valence electrons. The number of anilines is 1. The Balaban J connectivity index is 1.34. The summed E-state index contributed by atoms with van der Waals surface area (Å²) in [5, 5.41) is 6.14. The topological polar surface area (TPSA) is 74.6 Å². The molecule has 2 aromatic rings. The number of furan rings is 1. The van der Waals surface area contributed by atoms with Gasteiger partial charge in [-0.1, -0.05) is 18.6 Å². The van der Waals surface area contributed by atoms with Crippen LogP contribution in [-0.4, -0.2) is 30.9 Å². The van der Waals surface area contributed by atoms with Crippen molar-refractivity contribution in [3.8, 4) is 0 Å². The van der Waals surface area contributed by atoms with Crippen LogP contribution in [0.1, 0.15) is 48.2 Å². The molecule has 1 aromatic heterocycles. The summed E-state index contributed by atoms with van der Waals surface area (Å²) in [6.07, 6.45) is 6.65. The Morgan fingerprint density at radius 2 is 1.82 bits per heavy atom. The first-order valence-corrected chi connectivity index (χ1v) is 10.2. The number of nitrogens with one attached hydrogen (secondary N) is 2. The summed E-state index contributed by atoms with van der Waals surface area (Å²) in [5.41, 5.74) is 1.62. The molecule has 2 heterocycles. The number of amides is 2. The first-order chi connectivity index (χ1) is 13.7. The largest absolute Gasteiger partial charge is 0.467 e. The normalized spacial score (nSPS) is 17.8. The van der Waals surface area contributed by atoms with Crippen LogP contribution in [0.15, 0.2) is 47.1 Å². The second kappa shape index (κ2) is 8.50. The minimum atomic E-state index is -0.104. The molecule has 1 saturated heterocycles. The summed E-state index contributed by atoms with van der Waals surface area (Å²) in [7, 11) is 0. The third kappa shape index (κ3) is 4.21. The summed E-state index contributed by atoms with van der Waals surface area (Å²) in [4.78, 5) is 27.1. The summed E-state index contributed by atoms with van der Waals surface area (Å²) in [6.45, 7) is 2.03. The van der Waals surface area contributed by atoms with E-state index in [0.29, 0.717) is 12.1 Å². The average molecular weight is 381 g/mol. The lowest BCUT2D eigenvalue weighted by molar-refractivity contribution is -0.128. The number of hydrogen-bond acceptors (Lipinski definition) is 4. The smallest absolute Gasteiger partial charge is 0.253 e. The van der Waals surface area contributed by atoms with E-state index >= 15 is 0 Å². The predicted molar refractivity (Wildman–Crippen MR) is 107 cm³/mol. The van der Waals surface area contributed by atoms with E-state index in [4.69, 9.17) is 4.42 Å². The summed E-state index contributed by atoms with van der Waals surface area (Å²) in [6, 6.07) is 11.6. The molecule has 6 heteroatoms.